The first-order chi connectivity index (χ1) is 12.8. The van der Waals surface area contributed by atoms with Crippen molar-refractivity contribution < 1.29 is 22.7 Å². The van der Waals surface area contributed by atoms with E-state index in [9.17, 15) is 18.0 Å². The summed E-state index contributed by atoms with van der Waals surface area (Å²) in [4.78, 5) is 15.9. The third kappa shape index (κ3) is 8.93. The van der Waals surface area contributed by atoms with E-state index in [-0.39, 0.29) is 48.1 Å². The topological polar surface area (TPSA) is 88.7 Å². The molecule has 6 nitrogen and oxygen atoms in total. The summed E-state index contributed by atoms with van der Waals surface area (Å²) in [5.74, 6) is -0.316. The second-order valence-electron chi connectivity index (χ2n) is 5.44. The summed E-state index contributed by atoms with van der Waals surface area (Å²) in [5, 5.41) is 5.58. The second-order valence-corrected chi connectivity index (χ2v) is 5.44. The third-order valence-corrected chi connectivity index (χ3v) is 3.34. The van der Waals surface area contributed by atoms with Gasteiger partial charge in [-0.3, -0.25) is 4.79 Å². The maximum atomic E-state index is 12.1. The zero-order valence-electron chi connectivity index (χ0n) is 14.7. The predicted octanol–water partition coefficient (Wildman–Crippen LogP) is 3.04. The SMILES string of the molecule is I.NC(=NCc1ccc(OC(F)(F)F)cc1)NCCNC(=O)c1ccccc1. The van der Waals surface area contributed by atoms with E-state index in [0.29, 0.717) is 24.2 Å². The summed E-state index contributed by atoms with van der Waals surface area (Å²) in [5.41, 5.74) is 6.96. The highest BCUT2D eigenvalue weighted by Gasteiger charge is 2.30. The van der Waals surface area contributed by atoms with Gasteiger partial charge in [0.25, 0.3) is 5.91 Å². The highest BCUT2D eigenvalue weighted by Crippen LogP contribution is 2.22. The highest BCUT2D eigenvalue weighted by atomic mass is 127. The van der Waals surface area contributed by atoms with Gasteiger partial charge < -0.3 is 21.1 Å². The van der Waals surface area contributed by atoms with Gasteiger partial charge in [-0.05, 0) is 29.8 Å². The molecule has 10 heteroatoms. The number of nitrogens with two attached hydrogens (primary N) is 1. The molecule has 1 amide bonds. The van der Waals surface area contributed by atoms with Crippen molar-refractivity contribution in [1.82, 2.24) is 10.6 Å². The van der Waals surface area contributed by atoms with Crippen molar-refractivity contribution >= 4 is 35.8 Å². The molecular formula is C18H20F3IN4O2. The summed E-state index contributed by atoms with van der Waals surface area (Å²) >= 11 is 0. The Morgan fingerprint density at radius 2 is 1.61 bits per heavy atom. The number of carbonyl (C=O) groups excluding carboxylic acids is 1. The predicted molar refractivity (Wildman–Crippen MR) is 111 cm³/mol. The largest absolute Gasteiger partial charge is 0.573 e. The number of hydrogen-bond donors (Lipinski definition) is 3. The molecule has 0 fully saturated rings. The van der Waals surface area contributed by atoms with Crippen LogP contribution in [0.1, 0.15) is 15.9 Å². The molecule has 0 atom stereocenters. The first-order valence-electron chi connectivity index (χ1n) is 8.05. The van der Waals surface area contributed by atoms with E-state index in [1.807, 2.05) is 6.07 Å². The van der Waals surface area contributed by atoms with Gasteiger partial charge in [0.05, 0.1) is 6.54 Å². The standard InChI is InChI=1S/C18H19F3N4O2.HI/c19-18(20,21)27-15-8-6-13(7-9-15)12-25-17(22)24-11-10-23-16(26)14-4-2-1-3-5-14;/h1-9H,10-12H2,(H,23,26)(H3,22,24,25);1H. The van der Waals surface area contributed by atoms with Crippen LogP contribution in [0.4, 0.5) is 13.2 Å². The number of carbonyl (C=O) groups is 1. The van der Waals surface area contributed by atoms with E-state index < -0.39 is 6.36 Å². The van der Waals surface area contributed by atoms with Crippen LogP contribution in [0, 0.1) is 0 Å². The van der Waals surface area contributed by atoms with Gasteiger partial charge in [0.15, 0.2) is 5.96 Å². The number of aliphatic imine (C=N–C) groups is 1. The zero-order chi connectivity index (χ0) is 19.7. The molecule has 152 valence electrons. The van der Waals surface area contributed by atoms with Crippen molar-refractivity contribution in [2.45, 2.75) is 12.9 Å². The summed E-state index contributed by atoms with van der Waals surface area (Å²) in [7, 11) is 0. The van der Waals surface area contributed by atoms with Gasteiger partial charge in [-0.2, -0.15) is 0 Å². The molecule has 0 saturated carbocycles. The van der Waals surface area contributed by atoms with E-state index in [1.165, 1.54) is 24.3 Å². The van der Waals surface area contributed by atoms with Crippen LogP contribution >= 0.6 is 24.0 Å². The minimum absolute atomic E-state index is 0. The molecule has 2 aromatic rings. The average Bonchev–Trinajstić information content (AvgIpc) is 2.64. The van der Waals surface area contributed by atoms with E-state index in [4.69, 9.17) is 5.73 Å². The molecule has 28 heavy (non-hydrogen) atoms. The zero-order valence-corrected chi connectivity index (χ0v) is 17.0. The molecule has 0 unspecified atom stereocenters. The van der Waals surface area contributed by atoms with Crippen molar-refractivity contribution in [2.24, 2.45) is 10.7 Å². The fourth-order valence-electron chi connectivity index (χ4n) is 2.09. The Kier molecular flexibility index (Phi) is 9.56. The number of rotatable bonds is 7. The van der Waals surface area contributed by atoms with Crippen LogP contribution in [0.25, 0.3) is 0 Å². The number of ether oxygens (including phenoxy) is 1. The summed E-state index contributed by atoms with van der Waals surface area (Å²) in [6.07, 6.45) is -4.72. The Balaban J connectivity index is 0.00000392. The summed E-state index contributed by atoms with van der Waals surface area (Å²) < 4.78 is 40.1. The lowest BCUT2D eigenvalue weighted by atomic mass is 10.2. The van der Waals surface area contributed by atoms with Crippen LogP contribution in [0.3, 0.4) is 0 Å². The average molecular weight is 508 g/mol. The first-order valence-corrected chi connectivity index (χ1v) is 8.05. The van der Waals surface area contributed by atoms with Crippen LogP contribution in [-0.4, -0.2) is 31.3 Å². The Hall–Kier alpha value is -2.50. The molecule has 0 aliphatic carbocycles. The minimum atomic E-state index is -4.72. The van der Waals surface area contributed by atoms with Crippen LogP contribution in [-0.2, 0) is 6.54 Å². The fourth-order valence-corrected chi connectivity index (χ4v) is 2.09. The third-order valence-electron chi connectivity index (χ3n) is 3.34. The molecule has 0 aliphatic heterocycles. The Morgan fingerprint density at radius 1 is 1.00 bits per heavy atom. The number of nitrogens with one attached hydrogen (secondary N) is 2. The van der Waals surface area contributed by atoms with E-state index >= 15 is 0 Å². The van der Waals surface area contributed by atoms with Crippen LogP contribution < -0.4 is 21.1 Å². The molecule has 2 rings (SSSR count). The first kappa shape index (κ1) is 23.5. The molecule has 0 radical (unpaired) electrons. The number of nitrogens with zero attached hydrogens (tertiary/aromatic N) is 1. The van der Waals surface area contributed by atoms with Gasteiger partial charge in [0, 0.05) is 18.7 Å². The van der Waals surface area contributed by atoms with Crippen molar-refractivity contribution in [2.75, 3.05) is 13.1 Å². The molecule has 2 aromatic carbocycles. The quantitative estimate of drug-likeness (QED) is 0.232. The number of hydrogen-bond acceptors (Lipinski definition) is 3. The number of benzene rings is 2. The maximum Gasteiger partial charge on any atom is 0.573 e. The van der Waals surface area contributed by atoms with Gasteiger partial charge in [0.2, 0.25) is 0 Å². The smallest absolute Gasteiger partial charge is 0.406 e. The van der Waals surface area contributed by atoms with Crippen LogP contribution in [0.5, 0.6) is 5.75 Å². The summed E-state index contributed by atoms with van der Waals surface area (Å²) in [6.45, 7) is 0.932. The van der Waals surface area contributed by atoms with Gasteiger partial charge in [-0.1, -0.05) is 30.3 Å². The number of guanidine groups is 1. The Bertz CT molecular complexity index is 769. The van der Waals surface area contributed by atoms with Crippen molar-refractivity contribution in [1.29, 1.82) is 0 Å². The van der Waals surface area contributed by atoms with Crippen LogP contribution in [0.15, 0.2) is 59.6 Å². The van der Waals surface area contributed by atoms with Gasteiger partial charge >= 0.3 is 6.36 Å². The minimum Gasteiger partial charge on any atom is -0.406 e. The molecule has 0 aliphatic rings. The fraction of sp³-hybridized carbons (Fsp3) is 0.222. The number of amides is 1. The monoisotopic (exact) mass is 508 g/mol. The lowest BCUT2D eigenvalue weighted by Gasteiger charge is -2.09. The van der Waals surface area contributed by atoms with Crippen molar-refractivity contribution in [3.05, 3.63) is 65.7 Å². The highest BCUT2D eigenvalue weighted by molar-refractivity contribution is 14.0. The molecule has 0 bridgehead atoms. The molecule has 0 saturated heterocycles. The van der Waals surface area contributed by atoms with Gasteiger partial charge in [0.1, 0.15) is 5.75 Å². The lowest BCUT2D eigenvalue weighted by molar-refractivity contribution is -0.274. The van der Waals surface area contributed by atoms with Crippen LogP contribution in [0.2, 0.25) is 0 Å². The van der Waals surface area contributed by atoms with E-state index in [1.54, 1.807) is 24.3 Å². The molecular weight excluding hydrogens is 488 g/mol. The van der Waals surface area contributed by atoms with Crippen molar-refractivity contribution in [3.63, 3.8) is 0 Å². The molecule has 0 aromatic heterocycles. The molecule has 0 spiro atoms. The normalized spacial score (nSPS) is 11.3. The molecule has 4 N–H and O–H groups in total. The van der Waals surface area contributed by atoms with E-state index in [2.05, 4.69) is 20.4 Å². The van der Waals surface area contributed by atoms with Crippen molar-refractivity contribution in [3.8, 4) is 5.75 Å². The van der Waals surface area contributed by atoms with Gasteiger partial charge in [-0.15, -0.1) is 37.1 Å². The lowest BCUT2D eigenvalue weighted by Crippen LogP contribution is -2.38. The second kappa shape index (κ2) is 11.4. The Morgan fingerprint density at radius 3 is 2.21 bits per heavy atom. The van der Waals surface area contributed by atoms with E-state index in [0.717, 1.165) is 0 Å². The number of alkyl halides is 3. The Labute approximate surface area is 177 Å². The maximum absolute atomic E-state index is 12.1. The van der Waals surface area contributed by atoms with Gasteiger partial charge in [-0.25, -0.2) is 4.99 Å². The number of halogens is 4. The summed E-state index contributed by atoms with van der Waals surface area (Å²) in [6, 6.07) is 14.2. The molecule has 0 heterocycles.